The molecule has 0 aliphatic heterocycles. The molecule has 10 heteroatoms. The van der Waals surface area contributed by atoms with E-state index in [2.05, 4.69) is 15.9 Å². The maximum absolute atomic E-state index is 13.9. The van der Waals surface area contributed by atoms with Crippen LogP contribution in [0.2, 0.25) is 10.0 Å². The standard InChI is InChI=1S/C29H25BrCl2O6S/c1-5-23(20-14-11-18(31)15-22(20)32)38-26-21-7-6-8-24(39(34)19-12-9-17(30)10-13-19)25(21)27(37-16(2)33)29(36-4)28(26)35-3/h6-15,23H,5H2,1-4H3. The summed E-state index contributed by atoms with van der Waals surface area (Å²) >= 11 is 14.4. The lowest BCUT2D eigenvalue weighted by Gasteiger charge is -2.25. The van der Waals surface area contributed by atoms with E-state index in [9.17, 15) is 9.35 Å². The molecule has 0 aliphatic carbocycles. The third-order valence-corrected chi connectivity index (χ3v) is 8.47. The van der Waals surface area contributed by atoms with Crippen LogP contribution in [0.1, 0.15) is 31.9 Å². The van der Waals surface area contributed by atoms with Gasteiger partial charge < -0.3 is 23.5 Å². The molecule has 6 nitrogen and oxygen atoms in total. The number of carbonyl (C=O) groups excluding carboxylic acids is 1. The summed E-state index contributed by atoms with van der Waals surface area (Å²) in [6, 6.07) is 17.6. The van der Waals surface area contributed by atoms with Crippen LogP contribution in [0.25, 0.3) is 10.8 Å². The molecule has 0 fully saturated rings. The monoisotopic (exact) mass is 650 g/mol. The summed E-state index contributed by atoms with van der Waals surface area (Å²) in [5, 5.41) is 1.89. The molecule has 2 atom stereocenters. The number of halogens is 3. The topological polar surface area (TPSA) is 77.0 Å². The second-order valence-electron chi connectivity index (χ2n) is 8.40. The fraction of sp³-hybridized carbons (Fsp3) is 0.207. The highest BCUT2D eigenvalue weighted by atomic mass is 79.9. The molecule has 0 aliphatic rings. The Kier molecular flexibility index (Phi) is 9.56. The molecule has 39 heavy (non-hydrogen) atoms. The van der Waals surface area contributed by atoms with Gasteiger partial charge in [0.15, 0.2) is 21.3 Å². The van der Waals surface area contributed by atoms with Gasteiger partial charge in [-0.25, -0.2) is 0 Å². The molecule has 0 heterocycles. The fourth-order valence-electron chi connectivity index (χ4n) is 4.24. The van der Waals surface area contributed by atoms with Crippen LogP contribution < -0.4 is 18.9 Å². The van der Waals surface area contributed by atoms with Crippen LogP contribution in [-0.4, -0.2) is 24.7 Å². The maximum atomic E-state index is 13.9. The number of hydrogen-bond acceptors (Lipinski definition) is 6. The van der Waals surface area contributed by atoms with Crippen molar-refractivity contribution < 1.29 is 28.3 Å². The van der Waals surface area contributed by atoms with E-state index in [-0.39, 0.29) is 17.2 Å². The molecule has 0 aromatic heterocycles. The van der Waals surface area contributed by atoms with Crippen molar-refractivity contribution in [2.45, 2.75) is 36.2 Å². The van der Waals surface area contributed by atoms with E-state index in [1.54, 1.807) is 42.5 Å². The molecular formula is C29H25BrCl2O6S. The first-order chi connectivity index (χ1) is 18.7. The van der Waals surface area contributed by atoms with Gasteiger partial charge in [-0.05, 0) is 55.0 Å². The van der Waals surface area contributed by atoms with Gasteiger partial charge >= 0.3 is 5.97 Å². The SMILES string of the molecule is CCC(Oc1c(OC)c(OC)c(OC(C)=O)c2c([S+]([O-])c3ccc(Br)cc3)cccc12)c1ccc(Cl)cc1Cl. The molecule has 0 bridgehead atoms. The Labute approximate surface area is 248 Å². The average molecular weight is 652 g/mol. The van der Waals surface area contributed by atoms with Gasteiger partial charge in [0.2, 0.25) is 11.5 Å². The van der Waals surface area contributed by atoms with E-state index in [1.165, 1.54) is 21.1 Å². The summed E-state index contributed by atoms with van der Waals surface area (Å²) in [6.07, 6.45) is 0.0709. The van der Waals surface area contributed by atoms with Gasteiger partial charge in [0, 0.05) is 43.6 Å². The zero-order valence-electron chi connectivity index (χ0n) is 21.5. The molecule has 0 N–H and O–H groups in total. The Hall–Kier alpha value is -2.62. The summed E-state index contributed by atoms with van der Waals surface area (Å²) in [5.41, 5.74) is 0.733. The number of fused-ring (bicyclic) bond motifs is 1. The minimum Gasteiger partial charge on any atom is -0.606 e. The number of hydrogen-bond donors (Lipinski definition) is 0. The molecule has 0 spiro atoms. The molecule has 0 saturated heterocycles. The number of methoxy groups -OCH3 is 2. The largest absolute Gasteiger partial charge is 0.606 e. The highest BCUT2D eigenvalue weighted by molar-refractivity contribution is 9.10. The predicted octanol–water partition coefficient (Wildman–Crippen LogP) is 8.55. The van der Waals surface area contributed by atoms with Crippen molar-refractivity contribution in [1.29, 1.82) is 0 Å². The molecule has 0 amide bonds. The van der Waals surface area contributed by atoms with E-state index >= 15 is 0 Å². The van der Waals surface area contributed by atoms with Crippen molar-refractivity contribution in [1.82, 2.24) is 0 Å². The summed E-state index contributed by atoms with van der Waals surface area (Å²) in [5.74, 6) is 0.188. The molecule has 204 valence electrons. The second-order valence-corrected chi connectivity index (χ2v) is 11.6. The van der Waals surface area contributed by atoms with E-state index in [0.717, 1.165) is 10.0 Å². The quantitative estimate of drug-likeness (QED) is 0.103. The van der Waals surface area contributed by atoms with Crippen LogP contribution in [0.15, 0.2) is 74.9 Å². The highest BCUT2D eigenvalue weighted by Crippen LogP contribution is 2.54. The summed E-state index contributed by atoms with van der Waals surface area (Å²) < 4.78 is 38.4. The van der Waals surface area contributed by atoms with E-state index in [4.69, 9.17) is 42.1 Å². The van der Waals surface area contributed by atoms with Crippen LogP contribution >= 0.6 is 39.1 Å². The Bertz CT molecular complexity index is 1510. The Morgan fingerprint density at radius 3 is 2.23 bits per heavy atom. The minimum absolute atomic E-state index is 0.0860. The van der Waals surface area contributed by atoms with Crippen LogP contribution in [0, 0.1) is 0 Å². The van der Waals surface area contributed by atoms with Gasteiger partial charge in [0.1, 0.15) is 6.10 Å². The van der Waals surface area contributed by atoms with Gasteiger partial charge in [0.25, 0.3) is 0 Å². The molecule has 4 aromatic rings. The van der Waals surface area contributed by atoms with Crippen molar-refractivity contribution in [2.24, 2.45) is 0 Å². The first kappa shape index (κ1) is 29.4. The first-order valence-corrected chi connectivity index (χ1v) is 14.6. The Morgan fingerprint density at radius 1 is 0.974 bits per heavy atom. The van der Waals surface area contributed by atoms with Gasteiger partial charge in [0.05, 0.1) is 19.6 Å². The Morgan fingerprint density at radius 2 is 1.64 bits per heavy atom. The molecule has 0 saturated carbocycles. The van der Waals surface area contributed by atoms with Gasteiger partial charge in [-0.15, -0.1) is 0 Å². The first-order valence-electron chi connectivity index (χ1n) is 11.9. The normalized spacial score (nSPS) is 12.6. The lowest BCUT2D eigenvalue weighted by atomic mass is 10.0. The molecule has 4 rings (SSSR count). The third kappa shape index (κ3) is 6.10. The van der Waals surface area contributed by atoms with E-state index in [1.807, 2.05) is 25.1 Å². The van der Waals surface area contributed by atoms with Crippen LogP contribution in [0.5, 0.6) is 23.0 Å². The number of rotatable bonds is 9. The summed E-state index contributed by atoms with van der Waals surface area (Å²) in [7, 11) is 2.90. The van der Waals surface area contributed by atoms with Crippen molar-refractivity contribution in [2.75, 3.05) is 14.2 Å². The van der Waals surface area contributed by atoms with Crippen molar-refractivity contribution in [3.05, 3.63) is 80.7 Å². The molecular weight excluding hydrogens is 627 g/mol. The minimum atomic E-state index is -1.64. The van der Waals surface area contributed by atoms with E-state index in [0.29, 0.717) is 42.8 Å². The number of benzene rings is 4. The van der Waals surface area contributed by atoms with E-state index < -0.39 is 23.2 Å². The smallest absolute Gasteiger partial charge is 0.308 e. The molecule has 4 aromatic carbocycles. The Balaban J connectivity index is 2.02. The van der Waals surface area contributed by atoms with Crippen molar-refractivity contribution in [3.63, 3.8) is 0 Å². The lowest BCUT2D eigenvalue weighted by Crippen LogP contribution is -2.12. The van der Waals surface area contributed by atoms with Crippen molar-refractivity contribution >= 4 is 67.0 Å². The summed E-state index contributed by atoms with van der Waals surface area (Å²) in [6.45, 7) is 3.24. The fourth-order valence-corrected chi connectivity index (χ4v) is 6.26. The maximum Gasteiger partial charge on any atom is 0.308 e. The number of carbonyl (C=O) groups is 1. The highest BCUT2D eigenvalue weighted by Gasteiger charge is 2.32. The van der Waals surface area contributed by atoms with Gasteiger partial charge in [-0.3, -0.25) is 4.79 Å². The van der Waals surface area contributed by atoms with Crippen LogP contribution in [0.4, 0.5) is 0 Å². The summed E-state index contributed by atoms with van der Waals surface area (Å²) in [4.78, 5) is 13.2. The van der Waals surface area contributed by atoms with Gasteiger partial charge in [-0.2, -0.15) is 0 Å². The predicted molar refractivity (Wildman–Crippen MR) is 157 cm³/mol. The zero-order chi connectivity index (χ0) is 28.3. The number of ether oxygens (including phenoxy) is 4. The van der Waals surface area contributed by atoms with Gasteiger partial charge in [-0.1, -0.05) is 58.2 Å². The molecule has 0 radical (unpaired) electrons. The third-order valence-electron chi connectivity index (χ3n) is 5.94. The van der Waals surface area contributed by atoms with Crippen molar-refractivity contribution in [3.8, 4) is 23.0 Å². The zero-order valence-corrected chi connectivity index (χ0v) is 25.5. The molecule has 2 unspecified atom stereocenters. The van der Waals surface area contributed by atoms with Crippen LogP contribution in [0.3, 0.4) is 0 Å². The van der Waals surface area contributed by atoms with Crippen LogP contribution in [-0.2, 0) is 16.0 Å². The number of esters is 1. The second kappa shape index (κ2) is 12.7. The average Bonchev–Trinajstić information content (AvgIpc) is 2.92. The lowest BCUT2D eigenvalue weighted by molar-refractivity contribution is -0.131.